The number of benzene rings is 1. The summed E-state index contributed by atoms with van der Waals surface area (Å²) < 4.78 is 7.69. The molecule has 5 nitrogen and oxygen atoms in total. The highest BCUT2D eigenvalue weighted by Gasteiger charge is 2.13. The molecule has 0 N–H and O–H groups in total. The predicted molar refractivity (Wildman–Crippen MR) is 88.6 cm³/mol. The molecular formula is C17H13N3O2S. The van der Waals surface area contributed by atoms with Crippen LogP contribution in [-0.4, -0.2) is 14.6 Å². The van der Waals surface area contributed by atoms with Gasteiger partial charge >= 0.3 is 0 Å². The molecule has 0 saturated carbocycles. The Morgan fingerprint density at radius 3 is 2.74 bits per heavy atom. The van der Waals surface area contributed by atoms with E-state index in [4.69, 9.17) is 4.42 Å². The molecule has 0 aliphatic heterocycles. The third-order valence-corrected chi connectivity index (χ3v) is 4.51. The van der Waals surface area contributed by atoms with Gasteiger partial charge in [0.25, 0.3) is 5.56 Å². The highest BCUT2D eigenvalue weighted by atomic mass is 32.1. The standard InChI is InChI=1S/C17H13N3O2S/c1-11-7-8-13(22-11)10-14-16(21)20-15(18-19-17(20)23-14)9-12-5-3-2-4-6-12/h2-8,10H,9H2,1H3. The van der Waals surface area contributed by atoms with Crippen LogP contribution in [0.5, 0.6) is 0 Å². The lowest BCUT2D eigenvalue weighted by Crippen LogP contribution is -2.24. The average molecular weight is 323 g/mol. The first-order chi connectivity index (χ1) is 11.2. The smallest absolute Gasteiger partial charge is 0.276 e. The van der Waals surface area contributed by atoms with Crippen molar-refractivity contribution >= 4 is 22.4 Å². The molecule has 1 aromatic carbocycles. The second-order valence-corrected chi connectivity index (χ2v) is 6.27. The molecular weight excluding hydrogens is 310 g/mol. The molecule has 0 fully saturated rings. The SMILES string of the molecule is Cc1ccc(C=c2sc3nnc(Cc4ccccc4)n3c2=O)o1. The average Bonchev–Trinajstić information content (AvgIpc) is 3.21. The molecule has 114 valence electrons. The van der Waals surface area contributed by atoms with E-state index >= 15 is 0 Å². The summed E-state index contributed by atoms with van der Waals surface area (Å²) in [5.74, 6) is 2.14. The van der Waals surface area contributed by atoms with Crippen molar-refractivity contribution in [1.29, 1.82) is 0 Å². The summed E-state index contributed by atoms with van der Waals surface area (Å²) in [4.78, 5) is 13.2. The number of furan rings is 1. The van der Waals surface area contributed by atoms with E-state index in [1.54, 1.807) is 10.5 Å². The fourth-order valence-electron chi connectivity index (χ4n) is 2.47. The van der Waals surface area contributed by atoms with Crippen molar-refractivity contribution in [3.05, 3.63) is 80.3 Å². The molecule has 3 aromatic heterocycles. The zero-order valence-electron chi connectivity index (χ0n) is 12.4. The van der Waals surface area contributed by atoms with E-state index in [9.17, 15) is 4.79 Å². The van der Waals surface area contributed by atoms with E-state index in [0.717, 1.165) is 11.3 Å². The molecule has 0 spiro atoms. The first-order valence-electron chi connectivity index (χ1n) is 7.19. The Morgan fingerprint density at radius 1 is 1.17 bits per heavy atom. The van der Waals surface area contributed by atoms with E-state index in [1.165, 1.54) is 11.3 Å². The van der Waals surface area contributed by atoms with Gasteiger partial charge in [-0.15, -0.1) is 10.2 Å². The molecule has 0 saturated heterocycles. The van der Waals surface area contributed by atoms with Gasteiger partial charge in [0.1, 0.15) is 21.9 Å². The van der Waals surface area contributed by atoms with Crippen LogP contribution in [0.3, 0.4) is 0 Å². The van der Waals surface area contributed by atoms with Gasteiger partial charge in [-0.25, -0.2) is 4.40 Å². The molecule has 0 unspecified atom stereocenters. The second kappa shape index (κ2) is 5.48. The highest BCUT2D eigenvalue weighted by molar-refractivity contribution is 7.15. The summed E-state index contributed by atoms with van der Waals surface area (Å²) in [7, 11) is 0. The number of hydrogen-bond acceptors (Lipinski definition) is 5. The molecule has 4 aromatic rings. The first kappa shape index (κ1) is 13.9. The third kappa shape index (κ3) is 2.57. The van der Waals surface area contributed by atoms with Gasteiger partial charge in [-0.05, 0) is 24.6 Å². The van der Waals surface area contributed by atoms with Crippen molar-refractivity contribution < 1.29 is 4.42 Å². The summed E-state index contributed by atoms with van der Waals surface area (Å²) in [6.07, 6.45) is 2.33. The molecule has 3 heterocycles. The van der Waals surface area contributed by atoms with Crippen molar-refractivity contribution in [3.63, 3.8) is 0 Å². The van der Waals surface area contributed by atoms with Gasteiger partial charge in [0.15, 0.2) is 0 Å². The summed E-state index contributed by atoms with van der Waals surface area (Å²) >= 11 is 1.32. The van der Waals surface area contributed by atoms with E-state index in [0.29, 0.717) is 27.5 Å². The van der Waals surface area contributed by atoms with Crippen LogP contribution in [0.4, 0.5) is 0 Å². The topological polar surface area (TPSA) is 60.4 Å². The molecule has 0 bridgehead atoms. The zero-order chi connectivity index (χ0) is 15.8. The van der Waals surface area contributed by atoms with Crippen molar-refractivity contribution in [3.8, 4) is 0 Å². The third-order valence-electron chi connectivity index (χ3n) is 3.56. The second-order valence-electron chi connectivity index (χ2n) is 5.26. The van der Waals surface area contributed by atoms with Crippen LogP contribution in [0.25, 0.3) is 11.0 Å². The summed E-state index contributed by atoms with van der Waals surface area (Å²) in [5, 5.41) is 8.27. The number of hydrogen-bond donors (Lipinski definition) is 0. The number of nitrogens with zero attached hydrogens (tertiary/aromatic N) is 3. The molecule has 0 amide bonds. The maximum Gasteiger partial charge on any atom is 0.276 e. The van der Waals surface area contributed by atoms with E-state index < -0.39 is 0 Å². The molecule has 4 rings (SSSR count). The van der Waals surface area contributed by atoms with Crippen LogP contribution < -0.4 is 10.1 Å². The van der Waals surface area contributed by atoms with Gasteiger partial charge in [-0.3, -0.25) is 4.79 Å². The van der Waals surface area contributed by atoms with E-state index in [1.807, 2.05) is 49.4 Å². The molecule has 0 atom stereocenters. The number of aryl methyl sites for hydroxylation is 1. The molecule has 0 aliphatic rings. The lowest BCUT2D eigenvalue weighted by molar-refractivity contribution is 0.525. The van der Waals surface area contributed by atoms with Gasteiger partial charge in [0.05, 0.1) is 0 Å². The van der Waals surface area contributed by atoms with Gasteiger partial charge < -0.3 is 4.42 Å². The number of thiazole rings is 1. The van der Waals surface area contributed by atoms with Crippen LogP contribution in [0, 0.1) is 6.92 Å². The van der Waals surface area contributed by atoms with Crippen molar-refractivity contribution in [2.24, 2.45) is 0 Å². The Bertz CT molecular complexity index is 1080. The van der Waals surface area contributed by atoms with Crippen LogP contribution >= 0.6 is 11.3 Å². The molecule has 6 heteroatoms. The first-order valence-corrected chi connectivity index (χ1v) is 8.01. The maximum absolute atomic E-state index is 12.6. The Labute approximate surface area is 135 Å². The summed E-state index contributed by atoms with van der Waals surface area (Å²) in [5.41, 5.74) is 0.995. The normalized spacial score (nSPS) is 12.3. The van der Waals surface area contributed by atoms with Gasteiger partial charge in [0.2, 0.25) is 4.96 Å². The lowest BCUT2D eigenvalue weighted by Gasteiger charge is -1.97. The molecule has 0 aliphatic carbocycles. The van der Waals surface area contributed by atoms with Crippen molar-refractivity contribution in [1.82, 2.24) is 14.6 Å². The molecule has 23 heavy (non-hydrogen) atoms. The zero-order valence-corrected chi connectivity index (χ0v) is 13.2. The fourth-order valence-corrected chi connectivity index (χ4v) is 3.38. The van der Waals surface area contributed by atoms with Gasteiger partial charge in [-0.2, -0.15) is 0 Å². The van der Waals surface area contributed by atoms with Crippen LogP contribution in [0.1, 0.15) is 22.9 Å². The monoisotopic (exact) mass is 323 g/mol. The minimum atomic E-state index is -0.102. The lowest BCUT2D eigenvalue weighted by atomic mass is 10.1. The number of fused-ring (bicyclic) bond motifs is 1. The Balaban J connectivity index is 1.80. The van der Waals surface area contributed by atoms with Gasteiger partial charge in [-0.1, -0.05) is 41.7 Å². The largest absolute Gasteiger partial charge is 0.462 e. The minimum Gasteiger partial charge on any atom is -0.462 e. The van der Waals surface area contributed by atoms with E-state index in [2.05, 4.69) is 10.2 Å². The summed E-state index contributed by atoms with van der Waals surface area (Å²) in [6, 6.07) is 13.6. The fraction of sp³-hybridized carbons (Fsp3) is 0.118. The number of rotatable bonds is 3. The number of aromatic nitrogens is 3. The predicted octanol–water partition coefficient (Wildman–Crippen LogP) is 2.19. The Kier molecular flexibility index (Phi) is 3.31. The highest BCUT2D eigenvalue weighted by Crippen LogP contribution is 2.10. The Morgan fingerprint density at radius 2 is 2.00 bits per heavy atom. The van der Waals surface area contributed by atoms with Crippen LogP contribution in [0.15, 0.2) is 51.7 Å². The Hall–Kier alpha value is -2.73. The maximum atomic E-state index is 12.6. The summed E-state index contributed by atoms with van der Waals surface area (Å²) in [6.45, 7) is 1.87. The van der Waals surface area contributed by atoms with Crippen LogP contribution in [-0.2, 0) is 6.42 Å². The quantitative estimate of drug-likeness (QED) is 0.580. The van der Waals surface area contributed by atoms with Crippen molar-refractivity contribution in [2.75, 3.05) is 0 Å². The minimum absolute atomic E-state index is 0.102. The van der Waals surface area contributed by atoms with Crippen molar-refractivity contribution in [2.45, 2.75) is 13.3 Å². The van der Waals surface area contributed by atoms with Gasteiger partial charge in [0, 0.05) is 12.5 Å². The molecule has 0 radical (unpaired) electrons. The van der Waals surface area contributed by atoms with E-state index in [-0.39, 0.29) is 5.56 Å². The van der Waals surface area contributed by atoms with Crippen LogP contribution in [0.2, 0.25) is 0 Å².